The first-order chi connectivity index (χ1) is 12.9. The molecular weight excluding hydrogens is 372 g/mol. The molecule has 1 aliphatic heterocycles. The molecule has 2 amide bonds. The molecule has 0 aromatic heterocycles. The van der Waals surface area contributed by atoms with Crippen molar-refractivity contribution in [2.45, 2.75) is 25.2 Å². The lowest BCUT2D eigenvalue weighted by Gasteiger charge is -2.23. The Hall–Kier alpha value is -3.06. The van der Waals surface area contributed by atoms with Gasteiger partial charge in [0.25, 0.3) is 11.6 Å². The summed E-state index contributed by atoms with van der Waals surface area (Å²) in [5.74, 6) is -2.35. The zero-order chi connectivity index (χ0) is 19.4. The van der Waals surface area contributed by atoms with Crippen LogP contribution in [0.25, 0.3) is 0 Å². The van der Waals surface area contributed by atoms with E-state index in [-0.39, 0.29) is 6.42 Å². The van der Waals surface area contributed by atoms with E-state index in [0.717, 1.165) is 11.1 Å². The molecule has 1 fully saturated rings. The number of cyclic esters (lactones) is 1. The molecule has 2 aromatic carbocycles. The van der Waals surface area contributed by atoms with Gasteiger partial charge in [-0.05, 0) is 30.2 Å². The Labute approximate surface area is 160 Å². The van der Waals surface area contributed by atoms with Crippen LogP contribution in [0.5, 0.6) is 5.75 Å². The average molecular weight is 389 g/mol. The van der Waals surface area contributed by atoms with Gasteiger partial charge in [0.15, 0.2) is 0 Å². The third-order valence-corrected chi connectivity index (χ3v) is 4.58. The first-order valence-electron chi connectivity index (χ1n) is 8.20. The predicted octanol–water partition coefficient (Wildman–Crippen LogP) is 1.71. The normalized spacial score (nSPS) is 18.7. The molecule has 0 radical (unpaired) electrons. The fraction of sp³-hybridized carbons (Fsp3) is 0.211. The highest BCUT2D eigenvalue weighted by molar-refractivity contribution is 6.35. The SMILES string of the molecule is NC(=O)C1(CCc2ccc(OCc3ccccc3Cl)cc2)NC(=O)C(=O)O1. The number of nitrogens with one attached hydrogen (secondary N) is 1. The zero-order valence-electron chi connectivity index (χ0n) is 14.2. The molecule has 1 unspecified atom stereocenters. The van der Waals surface area contributed by atoms with Gasteiger partial charge >= 0.3 is 11.9 Å². The highest BCUT2D eigenvalue weighted by atomic mass is 35.5. The standard InChI is InChI=1S/C19H17ClN2O5/c20-15-4-2-1-3-13(15)11-26-14-7-5-12(6-8-14)9-10-19(18(21)25)22-16(23)17(24)27-19/h1-8H,9-11H2,(H2,21,25)(H,22,23). The van der Waals surface area contributed by atoms with E-state index in [4.69, 9.17) is 26.8 Å². The van der Waals surface area contributed by atoms with E-state index in [1.807, 2.05) is 30.3 Å². The van der Waals surface area contributed by atoms with Crippen LogP contribution in [0.1, 0.15) is 17.5 Å². The molecule has 3 N–H and O–H groups in total. The molecule has 27 heavy (non-hydrogen) atoms. The van der Waals surface area contributed by atoms with Crippen molar-refractivity contribution >= 4 is 29.4 Å². The van der Waals surface area contributed by atoms with E-state index < -0.39 is 23.5 Å². The van der Waals surface area contributed by atoms with E-state index in [0.29, 0.717) is 23.8 Å². The lowest BCUT2D eigenvalue weighted by molar-refractivity contribution is -0.160. The fourth-order valence-corrected chi connectivity index (χ4v) is 2.85. The van der Waals surface area contributed by atoms with Crippen LogP contribution < -0.4 is 15.8 Å². The average Bonchev–Trinajstić information content (AvgIpc) is 2.95. The van der Waals surface area contributed by atoms with Gasteiger partial charge in [0.1, 0.15) is 12.4 Å². The molecule has 140 valence electrons. The molecule has 8 heteroatoms. The Kier molecular flexibility index (Phi) is 5.32. The number of benzene rings is 2. The van der Waals surface area contributed by atoms with Gasteiger partial charge in [-0.15, -0.1) is 0 Å². The monoisotopic (exact) mass is 388 g/mol. The van der Waals surface area contributed by atoms with Gasteiger partial charge in [-0.25, -0.2) is 4.79 Å². The molecule has 0 saturated carbocycles. The maximum Gasteiger partial charge on any atom is 0.399 e. The van der Waals surface area contributed by atoms with Crippen molar-refractivity contribution in [2.24, 2.45) is 5.73 Å². The largest absolute Gasteiger partial charge is 0.489 e. The Balaban J connectivity index is 1.59. The molecule has 0 aliphatic carbocycles. The number of ether oxygens (including phenoxy) is 2. The number of rotatable bonds is 7. The van der Waals surface area contributed by atoms with Crippen LogP contribution >= 0.6 is 11.6 Å². The summed E-state index contributed by atoms with van der Waals surface area (Å²) >= 11 is 6.09. The number of hydrogen-bond donors (Lipinski definition) is 2. The highest BCUT2D eigenvalue weighted by Crippen LogP contribution is 2.23. The summed E-state index contributed by atoms with van der Waals surface area (Å²) in [4.78, 5) is 34.3. The fourth-order valence-electron chi connectivity index (χ4n) is 2.66. The summed E-state index contributed by atoms with van der Waals surface area (Å²) in [6.45, 7) is 0.339. The number of nitrogens with two attached hydrogens (primary N) is 1. The molecule has 1 atom stereocenters. The van der Waals surface area contributed by atoms with Crippen LogP contribution in [0.4, 0.5) is 0 Å². The second kappa shape index (κ2) is 7.67. The smallest absolute Gasteiger partial charge is 0.399 e. The van der Waals surface area contributed by atoms with Crippen molar-refractivity contribution in [3.63, 3.8) is 0 Å². The minimum atomic E-state index is -1.80. The number of carbonyl (C=O) groups excluding carboxylic acids is 3. The molecule has 7 nitrogen and oxygen atoms in total. The maximum atomic E-state index is 11.6. The number of hydrogen-bond acceptors (Lipinski definition) is 5. The van der Waals surface area contributed by atoms with E-state index in [1.54, 1.807) is 18.2 Å². The quantitative estimate of drug-likeness (QED) is 0.554. The van der Waals surface area contributed by atoms with Gasteiger partial charge in [0.05, 0.1) is 0 Å². The summed E-state index contributed by atoms with van der Waals surface area (Å²) in [6.07, 6.45) is 0.404. The van der Waals surface area contributed by atoms with Gasteiger partial charge in [0, 0.05) is 17.0 Å². The number of amides is 2. The predicted molar refractivity (Wildman–Crippen MR) is 96.7 cm³/mol. The molecule has 1 saturated heterocycles. The van der Waals surface area contributed by atoms with Crippen LogP contribution in [-0.2, 0) is 32.1 Å². The van der Waals surface area contributed by atoms with Gasteiger partial charge in [0.2, 0.25) is 0 Å². The topological polar surface area (TPSA) is 108 Å². The number of halogens is 1. The summed E-state index contributed by atoms with van der Waals surface area (Å²) in [5, 5.41) is 2.86. The minimum Gasteiger partial charge on any atom is -0.489 e. The van der Waals surface area contributed by atoms with Crippen LogP contribution in [0.15, 0.2) is 48.5 Å². The lowest BCUT2D eigenvalue weighted by atomic mass is 10.0. The van der Waals surface area contributed by atoms with Crippen LogP contribution in [0.2, 0.25) is 5.02 Å². The number of carbonyl (C=O) groups is 3. The van der Waals surface area contributed by atoms with Gasteiger partial charge in [-0.3, -0.25) is 9.59 Å². The summed E-state index contributed by atoms with van der Waals surface area (Å²) in [6, 6.07) is 14.6. The first kappa shape index (κ1) is 18.7. The van der Waals surface area contributed by atoms with Crippen molar-refractivity contribution in [1.29, 1.82) is 0 Å². The molecule has 2 aromatic rings. The maximum absolute atomic E-state index is 11.6. The van der Waals surface area contributed by atoms with E-state index in [2.05, 4.69) is 5.32 Å². The Morgan fingerprint density at radius 2 is 1.85 bits per heavy atom. The van der Waals surface area contributed by atoms with Crippen LogP contribution in [0.3, 0.4) is 0 Å². The van der Waals surface area contributed by atoms with Gasteiger partial charge < -0.3 is 20.5 Å². The minimum absolute atomic E-state index is 0.0413. The third-order valence-electron chi connectivity index (χ3n) is 4.21. The number of esters is 1. The molecule has 1 aliphatic rings. The van der Waals surface area contributed by atoms with Crippen molar-refractivity contribution in [1.82, 2.24) is 5.32 Å². The van der Waals surface area contributed by atoms with Crippen molar-refractivity contribution in [3.8, 4) is 5.75 Å². The second-order valence-corrected chi connectivity index (χ2v) is 6.47. The van der Waals surface area contributed by atoms with Crippen molar-refractivity contribution in [2.75, 3.05) is 0 Å². The summed E-state index contributed by atoms with van der Waals surface area (Å²) in [5.41, 5.74) is 5.23. The first-order valence-corrected chi connectivity index (χ1v) is 8.58. The third kappa shape index (κ3) is 4.20. The molecule has 1 heterocycles. The lowest BCUT2D eigenvalue weighted by Crippen LogP contribution is -2.54. The Bertz CT molecular complexity index is 866. The van der Waals surface area contributed by atoms with Crippen molar-refractivity contribution in [3.05, 3.63) is 64.7 Å². The Morgan fingerprint density at radius 1 is 1.15 bits per heavy atom. The molecule has 3 rings (SSSR count). The van der Waals surface area contributed by atoms with E-state index in [9.17, 15) is 14.4 Å². The Morgan fingerprint density at radius 3 is 2.44 bits per heavy atom. The number of primary amides is 1. The van der Waals surface area contributed by atoms with Crippen molar-refractivity contribution < 1.29 is 23.9 Å². The molecule has 0 bridgehead atoms. The van der Waals surface area contributed by atoms with E-state index in [1.165, 1.54) is 0 Å². The number of aryl methyl sites for hydroxylation is 1. The zero-order valence-corrected chi connectivity index (χ0v) is 15.0. The second-order valence-electron chi connectivity index (χ2n) is 6.06. The van der Waals surface area contributed by atoms with Crippen LogP contribution in [-0.4, -0.2) is 23.5 Å². The summed E-state index contributed by atoms with van der Waals surface area (Å²) < 4.78 is 10.6. The summed E-state index contributed by atoms with van der Waals surface area (Å²) in [7, 11) is 0. The molecular formula is C19H17ClN2O5. The van der Waals surface area contributed by atoms with Gasteiger partial charge in [-0.1, -0.05) is 41.9 Å². The van der Waals surface area contributed by atoms with Gasteiger partial charge in [-0.2, -0.15) is 0 Å². The molecule has 0 spiro atoms. The highest BCUT2D eigenvalue weighted by Gasteiger charge is 2.50. The van der Waals surface area contributed by atoms with E-state index >= 15 is 0 Å². The van der Waals surface area contributed by atoms with Crippen LogP contribution in [0, 0.1) is 0 Å².